The van der Waals surface area contributed by atoms with E-state index in [4.69, 9.17) is 4.79 Å². The van der Waals surface area contributed by atoms with Crippen LogP contribution in [0.15, 0.2) is 48.5 Å². The van der Waals surface area contributed by atoms with E-state index in [0.29, 0.717) is 5.75 Å². The zero-order valence-corrected chi connectivity index (χ0v) is 14.1. The molecule has 2 aromatic carbocycles. The summed E-state index contributed by atoms with van der Waals surface area (Å²) < 4.78 is 0. The van der Waals surface area contributed by atoms with E-state index in [0.717, 1.165) is 18.4 Å². The van der Waals surface area contributed by atoms with Crippen molar-refractivity contribution in [3.05, 3.63) is 54.1 Å². The summed E-state index contributed by atoms with van der Waals surface area (Å²) in [5, 5.41) is 10.2. The lowest BCUT2D eigenvalue weighted by Crippen LogP contribution is -1.92. The lowest BCUT2D eigenvalue weighted by Gasteiger charge is -2.12. The van der Waals surface area contributed by atoms with Crippen LogP contribution in [-0.2, 0) is 11.2 Å². The van der Waals surface area contributed by atoms with Crippen molar-refractivity contribution in [2.45, 2.75) is 51.9 Å². The Bertz CT molecular complexity index is 549. The average molecular weight is 312 g/mol. The Kier molecular flexibility index (Phi) is 9.46. The highest BCUT2D eigenvalue weighted by Gasteiger charge is 2.09. The summed E-state index contributed by atoms with van der Waals surface area (Å²) in [7, 11) is 0. The molecular weight excluding hydrogens is 284 g/mol. The topological polar surface area (TPSA) is 37.3 Å². The molecule has 0 saturated heterocycles. The van der Waals surface area contributed by atoms with Gasteiger partial charge in [0.05, 0.1) is 0 Å². The van der Waals surface area contributed by atoms with Crippen LogP contribution in [0.4, 0.5) is 0 Å². The number of carbonyl (C=O) groups excluding carboxylic acids is 1. The van der Waals surface area contributed by atoms with Gasteiger partial charge >= 0.3 is 0 Å². The molecule has 2 heteroatoms. The minimum atomic E-state index is 0.435. The van der Waals surface area contributed by atoms with Gasteiger partial charge in [-0.15, -0.1) is 0 Å². The maximum Gasteiger partial charge on any atom is 0.119 e. The maximum absolute atomic E-state index is 10.2. The third-order valence-corrected chi connectivity index (χ3v) is 4.02. The first-order chi connectivity index (χ1) is 11.3. The standard InChI is InChI=1S/C20H26O.CH2O/c1-2-3-4-5-6-10-14-19-18(15-11-16-20(19)21)17-12-8-7-9-13-17;1-2/h7-9,11-13,15-16,21H,2-6,10,14H2,1H3;1H2. The molecule has 0 aliphatic heterocycles. The summed E-state index contributed by atoms with van der Waals surface area (Å²) in [4.78, 5) is 8.00. The first-order valence-electron chi connectivity index (χ1n) is 8.48. The smallest absolute Gasteiger partial charge is 0.119 e. The monoisotopic (exact) mass is 312 g/mol. The number of phenolic OH excluding ortho intramolecular Hbond substituents is 1. The van der Waals surface area contributed by atoms with Crippen molar-refractivity contribution in [2.75, 3.05) is 0 Å². The molecule has 0 bridgehead atoms. The van der Waals surface area contributed by atoms with Crippen LogP contribution < -0.4 is 0 Å². The highest BCUT2D eigenvalue weighted by molar-refractivity contribution is 5.69. The molecule has 2 nitrogen and oxygen atoms in total. The number of rotatable bonds is 8. The summed E-state index contributed by atoms with van der Waals surface area (Å²) in [6.45, 7) is 4.24. The second kappa shape index (κ2) is 11.5. The summed E-state index contributed by atoms with van der Waals surface area (Å²) in [5.74, 6) is 0.435. The fourth-order valence-corrected chi connectivity index (χ4v) is 2.81. The molecule has 0 aromatic heterocycles. The van der Waals surface area contributed by atoms with Crippen molar-refractivity contribution < 1.29 is 9.90 Å². The minimum Gasteiger partial charge on any atom is -0.508 e. The van der Waals surface area contributed by atoms with Gasteiger partial charge in [0.2, 0.25) is 0 Å². The SMILES string of the molecule is C=O.CCCCCCCCc1c(O)cccc1-c1ccccc1. The number of hydrogen-bond acceptors (Lipinski definition) is 2. The van der Waals surface area contributed by atoms with Crippen LogP contribution in [0.3, 0.4) is 0 Å². The zero-order chi connectivity index (χ0) is 16.9. The van der Waals surface area contributed by atoms with Gasteiger partial charge in [0.25, 0.3) is 0 Å². The van der Waals surface area contributed by atoms with Crippen molar-refractivity contribution in [3.63, 3.8) is 0 Å². The summed E-state index contributed by atoms with van der Waals surface area (Å²) in [6, 6.07) is 16.2. The van der Waals surface area contributed by atoms with E-state index in [2.05, 4.69) is 25.1 Å². The van der Waals surface area contributed by atoms with Gasteiger partial charge in [0.15, 0.2) is 0 Å². The summed E-state index contributed by atoms with van der Waals surface area (Å²) >= 11 is 0. The molecule has 0 saturated carbocycles. The Morgan fingerprint density at radius 1 is 0.826 bits per heavy atom. The summed E-state index contributed by atoms with van der Waals surface area (Å²) in [5.41, 5.74) is 3.46. The van der Waals surface area contributed by atoms with E-state index in [-0.39, 0.29) is 0 Å². The van der Waals surface area contributed by atoms with Crippen LogP contribution in [0.5, 0.6) is 5.75 Å². The maximum atomic E-state index is 10.2. The number of carbonyl (C=O) groups is 1. The predicted molar refractivity (Wildman–Crippen MR) is 97.7 cm³/mol. The predicted octanol–water partition coefficient (Wildman–Crippen LogP) is 5.78. The lowest BCUT2D eigenvalue weighted by molar-refractivity contribution is -0.0979. The molecule has 0 atom stereocenters. The number of aromatic hydroxyl groups is 1. The first kappa shape index (κ1) is 19.0. The molecule has 1 N–H and O–H groups in total. The Balaban J connectivity index is 0.00000127. The highest BCUT2D eigenvalue weighted by Crippen LogP contribution is 2.31. The van der Waals surface area contributed by atoms with Crippen molar-refractivity contribution in [2.24, 2.45) is 0 Å². The van der Waals surface area contributed by atoms with Crippen molar-refractivity contribution in [1.29, 1.82) is 0 Å². The molecule has 0 spiro atoms. The van der Waals surface area contributed by atoms with Gasteiger partial charge in [-0.05, 0) is 30.0 Å². The molecule has 0 amide bonds. The number of hydrogen-bond donors (Lipinski definition) is 1. The molecule has 0 heterocycles. The van der Waals surface area contributed by atoms with Gasteiger partial charge in [0.1, 0.15) is 12.5 Å². The van der Waals surface area contributed by atoms with Crippen LogP contribution in [-0.4, -0.2) is 11.9 Å². The van der Waals surface area contributed by atoms with Crippen LogP contribution in [0.25, 0.3) is 11.1 Å². The second-order valence-corrected chi connectivity index (χ2v) is 5.69. The van der Waals surface area contributed by atoms with E-state index in [1.54, 1.807) is 6.07 Å². The lowest BCUT2D eigenvalue weighted by atomic mass is 9.95. The van der Waals surface area contributed by atoms with Gasteiger partial charge in [0, 0.05) is 5.56 Å². The molecular formula is C21H28O2. The van der Waals surface area contributed by atoms with Crippen LogP contribution >= 0.6 is 0 Å². The van der Waals surface area contributed by atoms with Gasteiger partial charge in [-0.1, -0.05) is 81.5 Å². The fraction of sp³-hybridized carbons (Fsp3) is 0.381. The second-order valence-electron chi connectivity index (χ2n) is 5.69. The Labute approximate surface area is 140 Å². The molecule has 0 aliphatic rings. The normalized spacial score (nSPS) is 9.96. The largest absolute Gasteiger partial charge is 0.508 e. The Morgan fingerprint density at radius 2 is 1.48 bits per heavy atom. The molecule has 0 aliphatic carbocycles. The van der Waals surface area contributed by atoms with Gasteiger partial charge < -0.3 is 9.90 Å². The van der Waals surface area contributed by atoms with Crippen molar-refractivity contribution >= 4 is 6.79 Å². The van der Waals surface area contributed by atoms with Gasteiger partial charge in [-0.25, -0.2) is 0 Å². The summed E-state index contributed by atoms with van der Waals surface area (Å²) in [6.07, 6.45) is 8.64. The Morgan fingerprint density at radius 3 is 2.17 bits per heavy atom. The Hall–Kier alpha value is -2.09. The molecule has 2 rings (SSSR count). The molecule has 124 valence electrons. The molecule has 0 fully saturated rings. The number of phenols is 1. The quantitative estimate of drug-likeness (QED) is 0.627. The third-order valence-electron chi connectivity index (χ3n) is 4.02. The van der Waals surface area contributed by atoms with Gasteiger partial charge in [-0.3, -0.25) is 0 Å². The van der Waals surface area contributed by atoms with Crippen LogP contribution in [0.2, 0.25) is 0 Å². The molecule has 0 unspecified atom stereocenters. The number of unbranched alkanes of at least 4 members (excludes halogenated alkanes) is 5. The van der Waals surface area contributed by atoms with Crippen LogP contribution in [0, 0.1) is 0 Å². The first-order valence-corrected chi connectivity index (χ1v) is 8.48. The zero-order valence-electron chi connectivity index (χ0n) is 14.1. The molecule has 2 aromatic rings. The molecule has 0 radical (unpaired) electrons. The van der Waals surface area contributed by atoms with Gasteiger partial charge in [-0.2, -0.15) is 0 Å². The fourth-order valence-electron chi connectivity index (χ4n) is 2.81. The van der Waals surface area contributed by atoms with Crippen molar-refractivity contribution in [1.82, 2.24) is 0 Å². The third kappa shape index (κ3) is 6.27. The highest BCUT2D eigenvalue weighted by atomic mass is 16.3. The van der Waals surface area contributed by atoms with E-state index in [9.17, 15) is 5.11 Å². The van der Waals surface area contributed by atoms with Crippen LogP contribution in [0.1, 0.15) is 51.0 Å². The number of benzene rings is 2. The van der Waals surface area contributed by atoms with Crippen molar-refractivity contribution in [3.8, 4) is 16.9 Å². The molecule has 23 heavy (non-hydrogen) atoms. The van der Waals surface area contributed by atoms with E-state index in [1.165, 1.54) is 43.2 Å². The van der Waals surface area contributed by atoms with E-state index >= 15 is 0 Å². The van der Waals surface area contributed by atoms with E-state index < -0.39 is 0 Å². The average Bonchev–Trinajstić information content (AvgIpc) is 2.61. The van der Waals surface area contributed by atoms with E-state index in [1.807, 2.05) is 31.1 Å². The minimum absolute atomic E-state index is 0.435.